The smallest absolute Gasteiger partial charge is 0.408 e. The summed E-state index contributed by atoms with van der Waals surface area (Å²) in [5, 5.41) is 19.0. The average Bonchev–Trinajstić information content (AvgIpc) is 3.67. The Morgan fingerprint density at radius 2 is 0.954 bits per heavy atom. The van der Waals surface area contributed by atoms with Crippen LogP contribution in [0.3, 0.4) is 0 Å². The summed E-state index contributed by atoms with van der Waals surface area (Å²) >= 11 is 0. The van der Waals surface area contributed by atoms with Crippen molar-refractivity contribution in [2.24, 2.45) is 35.5 Å². The molecule has 8 atom stereocenters. The van der Waals surface area contributed by atoms with Crippen LogP contribution in [-0.4, -0.2) is 126 Å². The molecule has 1 heterocycles. The minimum absolute atomic E-state index is 0.00953. The molecule has 0 aromatic heterocycles. The number of hydrogen-bond acceptors (Lipinski definition) is 11. The highest BCUT2D eigenvalue weighted by Crippen LogP contribution is 2.22. The number of nitrogens with one attached hydrogen (secondary N) is 7. The molecule has 1 fully saturated rings. The van der Waals surface area contributed by atoms with Gasteiger partial charge in [-0.25, -0.2) is 9.59 Å². The SMILES string of the molecule is COC(=O)[C@@H](NC(=O)[C@@H](NC(=O)[C@H](CC(C)C)NC(=O)[C@@H](C)NC(=O)[C@H]1CCCN1C(=O)[C@@H](NC(=O)[C@@H](NC(=O)[C@H](CC(C)C)NC(=O)OC(C)(C)C)C(C)C)C(C)C)C(C)C)C(C)C. The summed E-state index contributed by atoms with van der Waals surface area (Å²) in [7, 11) is 1.22. The van der Waals surface area contributed by atoms with Crippen LogP contribution < -0.4 is 37.2 Å². The van der Waals surface area contributed by atoms with Crippen molar-refractivity contribution in [2.75, 3.05) is 13.7 Å². The maximum atomic E-state index is 14.2. The second-order valence-corrected chi connectivity index (χ2v) is 20.4. The lowest BCUT2D eigenvalue weighted by molar-refractivity contribution is -0.147. The molecule has 0 aromatic carbocycles. The molecule has 0 unspecified atom stereocenters. The molecule has 1 rings (SSSR count). The van der Waals surface area contributed by atoms with E-state index in [2.05, 4.69) is 37.2 Å². The summed E-state index contributed by atoms with van der Waals surface area (Å²) in [6.45, 7) is 28.2. The Morgan fingerprint density at radius 1 is 0.538 bits per heavy atom. The molecule has 0 bridgehead atoms. The van der Waals surface area contributed by atoms with Crippen molar-refractivity contribution in [3.63, 3.8) is 0 Å². The third kappa shape index (κ3) is 19.2. The summed E-state index contributed by atoms with van der Waals surface area (Å²) in [5.74, 6) is -6.40. The summed E-state index contributed by atoms with van der Waals surface area (Å²) in [6, 6.07) is -8.34. The van der Waals surface area contributed by atoms with Crippen LogP contribution in [-0.2, 0) is 47.8 Å². The van der Waals surface area contributed by atoms with E-state index in [1.165, 1.54) is 18.9 Å². The van der Waals surface area contributed by atoms with Crippen LogP contribution in [0.5, 0.6) is 0 Å². The summed E-state index contributed by atoms with van der Waals surface area (Å²) < 4.78 is 10.2. The maximum absolute atomic E-state index is 14.2. The molecule has 1 aliphatic heterocycles. The fourth-order valence-corrected chi connectivity index (χ4v) is 7.21. The molecule has 0 saturated carbocycles. The predicted molar refractivity (Wildman–Crippen MR) is 245 cm³/mol. The third-order valence-corrected chi connectivity index (χ3v) is 10.8. The van der Waals surface area contributed by atoms with Gasteiger partial charge in [0.05, 0.1) is 7.11 Å². The minimum Gasteiger partial charge on any atom is -0.467 e. The lowest BCUT2D eigenvalue weighted by atomic mass is 9.97. The van der Waals surface area contributed by atoms with Gasteiger partial charge in [0.1, 0.15) is 53.9 Å². The first-order valence-electron chi connectivity index (χ1n) is 23.1. The summed E-state index contributed by atoms with van der Waals surface area (Å²) in [4.78, 5) is 122. The Hall–Kier alpha value is -4.97. The van der Waals surface area contributed by atoms with E-state index in [1.54, 1.807) is 76.2 Å². The highest BCUT2D eigenvalue weighted by molar-refractivity contribution is 5.98. The van der Waals surface area contributed by atoms with Gasteiger partial charge in [0, 0.05) is 6.54 Å². The van der Waals surface area contributed by atoms with Crippen LogP contribution in [0, 0.1) is 35.5 Å². The van der Waals surface area contributed by atoms with Crippen LogP contribution in [0.2, 0.25) is 0 Å². The number of alkyl carbamates (subject to hydrolysis) is 1. The van der Waals surface area contributed by atoms with Crippen LogP contribution in [0.25, 0.3) is 0 Å². The topological polar surface area (TPSA) is 260 Å². The van der Waals surface area contributed by atoms with Crippen LogP contribution >= 0.6 is 0 Å². The lowest BCUT2D eigenvalue weighted by Gasteiger charge is -2.33. The van der Waals surface area contributed by atoms with E-state index >= 15 is 0 Å². The van der Waals surface area contributed by atoms with Gasteiger partial charge >= 0.3 is 12.1 Å². The number of nitrogens with zero attached hydrogens (tertiary/aromatic N) is 1. The van der Waals surface area contributed by atoms with Gasteiger partial charge in [-0.05, 0) is 88.9 Å². The Bertz CT molecular complexity index is 1660. The number of amides is 8. The molecule has 0 aliphatic carbocycles. The van der Waals surface area contributed by atoms with E-state index in [4.69, 9.17) is 9.47 Å². The first kappa shape index (κ1) is 58.0. The molecule has 1 saturated heterocycles. The number of esters is 1. The van der Waals surface area contributed by atoms with Crippen molar-refractivity contribution >= 4 is 53.4 Å². The third-order valence-electron chi connectivity index (χ3n) is 10.8. The molecular formula is C46H82N8O11. The fraction of sp³-hybridized carbons (Fsp3) is 0.804. The van der Waals surface area contributed by atoms with Crippen LogP contribution in [0.15, 0.2) is 0 Å². The molecule has 65 heavy (non-hydrogen) atoms. The number of ether oxygens (including phenoxy) is 2. The van der Waals surface area contributed by atoms with Gasteiger partial charge in [0.15, 0.2) is 0 Å². The minimum atomic E-state index is -1.14. The largest absolute Gasteiger partial charge is 0.467 e. The van der Waals surface area contributed by atoms with E-state index in [0.717, 1.165) is 0 Å². The molecule has 0 radical (unpaired) electrons. The zero-order chi connectivity index (χ0) is 50.3. The molecular weight excluding hydrogens is 841 g/mol. The van der Waals surface area contributed by atoms with Gasteiger partial charge < -0.3 is 51.6 Å². The second-order valence-electron chi connectivity index (χ2n) is 20.4. The monoisotopic (exact) mass is 923 g/mol. The molecule has 372 valence electrons. The van der Waals surface area contributed by atoms with Crippen LogP contribution in [0.1, 0.15) is 136 Å². The van der Waals surface area contributed by atoms with Crippen LogP contribution in [0.4, 0.5) is 4.79 Å². The average molecular weight is 923 g/mol. The first-order chi connectivity index (χ1) is 29.9. The number of carbonyl (C=O) groups is 9. The zero-order valence-electron chi connectivity index (χ0n) is 42.1. The Morgan fingerprint density at radius 3 is 1.35 bits per heavy atom. The highest BCUT2D eigenvalue weighted by atomic mass is 16.6. The Balaban J connectivity index is 3.17. The normalized spacial score (nSPS) is 17.4. The van der Waals surface area contributed by atoms with Crippen molar-refractivity contribution in [1.29, 1.82) is 0 Å². The lowest BCUT2D eigenvalue weighted by Crippen LogP contribution is -2.61. The van der Waals surface area contributed by atoms with Crippen molar-refractivity contribution in [1.82, 2.24) is 42.1 Å². The summed E-state index contributed by atoms with van der Waals surface area (Å²) in [6.07, 6.45) is 0.480. The molecule has 19 heteroatoms. The van der Waals surface area contributed by atoms with Crippen molar-refractivity contribution in [2.45, 2.75) is 190 Å². The van der Waals surface area contributed by atoms with E-state index in [9.17, 15) is 43.2 Å². The molecule has 7 N–H and O–H groups in total. The number of methoxy groups -OCH3 is 1. The van der Waals surface area contributed by atoms with E-state index in [1.807, 2.05) is 27.7 Å². The highest BCUT2D eigenvalue weighted by Gasteiger charge is 2.41. The van der Waals surface area contributed by atoms with Gasteiger partial charge in [-0.1, -0.05) is 83.1 Å². The molecule has 19 nitrogen and oxygen atoms in total. The first-order valence-corrected chi connectivity index (χ1v) is 23.1. The number of carbonyl (C=O) groups excluding carboxylic acids is 9. The fourth-order valence-electron chi connectivity index (χ4n) is 7.21. The van der Waals surface area contributed by atoms with Crippen molar-refractivity contribution in [3.8, 4) is 0 Å². The maximum Gasteiger partial charge on any atom is 0.408 e. The van der Waals surface area contributed by atoms with E-state index in [-0.39, 0.29) is 37.1 Å². The number of hydrogen-bond donors (Lipinski definition) is 7. The molecule has 1 aliphatic rings. The van der Waals surface area contributed by atoms with Crippen molar-refractivity contribution < 1.29 is 52.6 Å². The quantitative estimate of drug-likeness (QED) is 0.0734. The van der Waals surface area contributed by atoms with Gasteiger partial charge in [-0.15, -0.1) is 0 Å². The Kier molecular flexibility index (Phi) is 23.4. The number of likely N-dealkylation sites (tertiary alicyclic amines) is 1. The Labute approximate surface area is 386 Å². The number of rotatable bonds is 23. The van der Waals surface area contributed by atoms with Gasteiger partial charge in [-0.2, -0.15) is 0 Å². The van der Waals surface area contributed by atoms with Gasteiger partial charge in [-0.3, -0.25) is 33.6 Å². The molecule has 0 aromatic rings. The molecule has 8 amide bonds. The zero-order valence-corrected chi connectivity index (χ0v) is 42.1. The van der Waals surface area contributed by atoms with E-state index < -0.39 is 125 Å². The van der Waals surface area contributed by atoms with Gasteiger partial charge in [0.2, 0.25) is 41.4 Å². The van der Waals surface area contributed by atoms with Gasteiger partial charge in [0.25, 0.3) is 0 Å². The summed E-state index contributed by atoms with van der Waals surface area (Å²) in [5.41, 5.74) is -0.797. The van der Waals surface area contributed by atoms with Crippen molar-refractivity contribution in [3.05, 3.63) is 0 Å². The second kappa shape index (κ2) is 26.2. The van der Waals surface area contributed by atoms with E-state index in [0.29, 0.717) is 12.8 Å². The standard InChI is InChI=1S/C46H82N8O11/c1-23(2)21-30(38(56)50-34(26(7)8)42(60)53-36(28(11)12)44(62)64-17)48-37(55)29(13)47-40(58)32-19-18-20-54(32)43(61)35(27(9)10)52-41(59)33(25(5)6)51-39(57)31(22-24(3)4)49-45(63)65-46(14,15)16/h23-36H,18-22H2,1-17H3,(H,47,58)(H,48,55)(H,49,63)(H,50,56)(H,51,57)(H,52,59)(H,53,60)/t29-,30+,31+,32-,33+,34+,35+,36+/m1/s1. The predicted octanol–water partition coefficient (Wildman–Crippen LogP) is 2.69. The molecule has 0 spiro atoms.